The molecule has 1 aromatic rings. The van der Waals surface area contributed by atoms with Crippen molar-refractivity contribution in [3.05, 3.63) is 42.0 Å². The molecule has 1 rings (SSSR count). The molecule has 0 unspecified atom stereocenters. The second-order valence-corrected chi connectivity index (χ2v) is 9.01. The van der Waals surface area contributed by atoms with E-state index >= 15 is 0 Å². The van der Waals surface area contributed by atoms with E-state index < -0.39 is 0 Å². The molecule has 0 N–H and O–H groups in total. The Hall–Kier alpha value is -1.08. The molecule has 0 atom stereocenters. The Bertz CT molecular complexity index is 476. The van der Waals surface area contributed by atoms with Crippen molar-refractivity contribution >= 4 is 6.08 Å². The summed E-state index contributed by atoms with van der Waals surface area (Å²) in [7, 11) is 0. The van der Waals surface area contributed by atoms with Crippen molar-refractivity contribution in [3.8, 4) is 0 Å². The Morgan fingerprint density at radius 3 is 1.40 bits per heavy atom. The lowest BCUT2D eigenvalue weighted by Crippen LogP contribution is -1.95. The Morgan fingerprint density at radius 1 is 0.600 bits per heavy atom. The van der Waals surface area contributed by atoms with Gasteiger partial charge in [-0.15, -0.1) is 0 Å². The monoisotopic (exact) mass is 414 g/mol. The molecule has 0 saturated heterocycles. The van der Waals surface area contributed by atoms with Crippen LogP contribution in [0, 0.1) is 0 Å². The summed E-state index contributed by atoms with van der Waals surface area (Å²) >= 11 is 0. The molecule has 0 radical (unpaired) electrons. The van der Waals surface area contributed by atoms with Gasteiger partial charge in [0, 0.05) is 6.61 Å². The first-order chi connectivity index (χ1) is 14.9. The van der Waals surface area contributed by atoms with Crippen LogP contribution in [0.5, 0.6) is 0 Å². The fourth-order valence-corrected chi connectivity index (χ4v) is 4.05. The summed E-state index contributed by atoms with van der Waals surface area (Å²) < 4.78 is 5.80. The largest absolute Gasteiger partial charge is 0.377 e. The van der Waals surface area contributed by atoms with Gasteiger partial charge < -0.3 is 4.74 Å². The van der Waals surface area contributed by atoms with E-state index in [1.807, 2.05) is 6.08 Å². The van der Waals surface area contributed by atoms with E-state index in [2.05, 4.69) is 37.8 Å². The number of unbranched alkanes of at least 4 members (excludes halogenated alkanes) is 17. The molecule has 0 aromatic heterocycles. The normalized spacial score (nSPS) is 11.1. The summed E-state index contributed by atoms with van der Waals surface area (Å²) in [4.78, 5) is 0. The number of benzene rings is 1. The minimum Gasteiger partial charge on any atom is -0.377 e. The molecule has 0 aliphatic heterocycles. The molecule has 1 aromatic carbocycles. The summed E-state index contributed by atoms with van der Waals surface area (Å²) in [6.07, 6.45) is 27.4. The Balaban J connectivity index is 1.72. The molecule has 0 aliphatic rings. The highest BCUT2D eigenvalue weighted by Gasteiger charge is 1.96. The van der Waals surface area contributed by atoms with Gasteiger partial charge in [-0.2, -0.15) is 0 Å². The van der Waals surface area contributed by atoms with Crippen LogP contribution >= 0.6 is 0 Å². The molecule has 30 heavy (non-hydrogen) atoms. The van der Waals surface area contributed by atoms with Crippen LogP contribution in [-0.2, 0) is 11.3 Å². The van der Waals surface area contributed by atoms with Crippen molar-refractivity contribution in [3.63, 3.8) is 0 Å². The first kappa shape index (κ1) is 27.0. The summed E-state index contributed by atoms with van der Waals surface area (Å²) in [5, 5.41) is 0. The van der Waals surface area contributed by atoms with Crippen LogP contribution in [0.15, 0.2) is 30.8 Å². The average Bonchev–Trinajstić information content (AvgIpc) is 2.78. The average molecular weight is 415 g/mol. The minimum atomic E-state index is 0.733. The molecule has 0 fully saturated rings. The van der Waals surface area contributed by atoms with E-state index in [1.54, 1.807) is 0 Å². The van der Waals surface area contributed by atoms with E-state index in [-0.39, 0.29) is 0 Å². The summed E-state index contributed by atoms with van der Waals surface area (Å²) in [5.74, 6) is 0. The van der Waals surface area contributed by atoms with Crippen molar-refractivity contribution in [2.75, 3.05) is 6.61 Å². The Labute approximate surface area is 188 Å². The molecule has 1 nitrogen and oxygen atoms in total. The fourth-order valence-electron chi connectivity index (χ4n) is 4.05. The maximum atomic E-state index is 5.80. The van der Waals surface area contributed by atoms with Gasteiger partial charge in [-0.3, -0.25) is 0 Å². The number of hydrogen-bond donors (Lipinski definition) is 0. The van der Waals surface area contributed by atoms with Gasteiger partial charge in [-0.25, -0.2) is 0 Å². The minimum absolute atomic E-state index is 0.733. The molecular formula is C29H50O. The summed E-state index contributed by atoms with van der Waals surface area (Å²) in [6, 6.07) is 8.46. The number of rotatable bonds is 22. The Morgan fingerprint density at radius 2 is 1.00 bits per heavy atom. The van der Waals surface area contributed by atoms with Crippen molar-refractivity contribution in [1.29, 1.82) is 0 Å². The van der Waals surface area contributed by atoms with Gasteiger partial charge in [0.05, 0.1) is 6.61 Å². The molecule has 0 amide bonds. The molecule has 172 valence electrons. The van der Waals surface area contributed by atoms with E-state index in [0.717, 1.165) is 13.2 Å². The third-order valence-corrected chi connectivity index (χ3v) is 6.13. The lowest BCUT2D eigenvalue weighted by molar-refractivity contribution is 0.116. The maximum absolute atomic E-state index is 5.80. The van der Waals surface area contributed by atoms with Crippen molar-refractivity contribution in [2.24, 2.45) is 0 Å². The predicted octanol–water partition coefficient (Wildman–Crippen LogP) is 9.89. The van der Waals surface area contributed by atoms with Crippen LogP contribution in [0.3, 0.4) is 0 Å². The highest BCUT2D eigenvalue weighted by atomic mass is 16.5. The van der Waals surface area contributed by atoms with E-state index in [0.29, 0.717) is 0 Å². The summed E-state index contributed by atoms with van der Waals surface area (Å²) in [5.41, 5.74) is 2.42. The first-order valence-corrected chi connectivity index (χ1v) is 13.2. The van der Waals surface area contributed by atoms with Gasteiger partial charge in [-0.1, -0.05) is 153 Å². The topological polar surface area (TPSA) is 9.23 Å². The van der Waals surface area contributed by atoms with Gasteiger partial charge in [-0.05, 0) is 17.5 Å². The molecule has 0 spiro atoms. The van der Waals surface area contributed by atoms with Gasteiger partial charge in [0.1, 0.15) is 0 Å². The van der Waals surface area contributed by atoms with Crippen LogP contribution in [0.2, 0.25) is 0 Å². The van der Waals surface area contributed by atoms with E-state index in [4.69, 9.17) is 4.74 Å². The molecular weight excluding hydrogens is 364 g/mol. The zero-order valence-corrected chi connectivity index (χ0v) is 20.1. The van der Waals surface area contributed by atoms with Gasteiger partial charge in [0.15, 0.2) is 0 Å². The summed E-state index contributed by atoms with van der Waals surface area (Å²) in [6.45, 7) is 7.70. The van der Waals surface area contributed by atoms with Gasteiger partial charge >= 0.3 is 0 Å². The SMILES string of the molecule is C=Cc1ccc(COCCCCCCCCCCCCCCCCCCCC)cc1. The molecule has 0 aliphatic carbocycles. The fraction of sp³-hybridized carbons (Fsp3) is 0.724. The van der Waals surface area contributed by atoms with Crippen LogP contribution in [0.1, 0.15) is 134 Å². The standard InChI is InChI=1S/C29H50O/c1-3-5-6-7-8-9-10-11-12-13-14-15-16-17-18-19-20-21-26-30-27-29-24-22-28(4-2)23-25-29/h4,22-25H,2-3,5-21,26-27H2,1H3. The third kappa shape index (κ3) is 16.7. The smallest absolute Gasteiger partial charge is 0.0716 e. The highest BCUT2D eigenvalue weighted by Crippen LogP contribution is 2.14. The third-order valence-electron chi connectivity index (χ3n) is 6.13. The number of ether oxygens (including phenoxy) is 1. The van der Waals surface area contributed by atoms with Crippen molar-refractivity contribution in [2.45, 2.75) is 129 Å². The van der Waals surface area contributed by atoms with Crippen molar-refractivity contribution < 1.29 is 4.74 Å². The second-order valence-electron chi connectivity index (χ2n) is 9.01. The predicted molar refractivity (Wildman–Crippen MR) is 135 cm³/mol. The van der Waals surface area contributed by atoms with Crippen LogP contribution in [0.25, 0.3) is 6.08 Å². The van der Waals surface area contributed by atoms with E-state index in [1.165, 1.54) is 127 Å². The van der Waals surface area contributed by atoms with Crippen molar-refractivity contribution in [1.82, 2.24) is 0 Å². The quantitative estimate of drug-likeness (QED) is 0.171. The van der Waals surface area contributed by atoms with E-state index in [9.17, 15) is 0 Å². The first-order valence-electron chi connectivity index (χ1n) is 13.2. The second kappa shape index (κ2) is 21.2. The van der Waals surface area contributed by atoms with Gasteiger partial charge in [0.2, 0.25) is 0 Å². The zero-order valence-electron chi connectivity index (χ0n) is 20.1. The lowest BCUT2D eigenvalue weighted by Gasteiger charge is -2.05. The van der Waals surface area contributed by atoms with Crippen LogP contribution in [-0.4, -0.2) is 6.61 Å². The lowest BCUT2D eigenvalue weighted by atomic mass is 10.0. The number of hydrogen-bond acceptors (Lipinski definition) is 1. The molecule has 0 heterocycles. The highest BCUT2D eigenvalue weighted by molar-refractivity contribution is 5.47. The molecule has 0 saturated carbocycles. The zero-order chi connectivity index (χ0) is 21.5. The Kier molecular flexibility index (Phi) is 19.0. The van der Waals surface area contributed by atoms with Gasteiger partial charge in [0.25, 0.3) is 0 Å². The van der Waals surface area contributed by atoms with Crippen LogP contribution < -0.4 is 0 Å². The maximum Gasteiger partial charge on any atom is 0.0716 e. The molecule has 0 bridgehead atoms. The molecule has 1 heteroatoms. The van der Waals surface area contributed by atoms with Crippen LogP contribution in [0.4, 0.5) is 0 Å².